The summed E-state index contributed by atoms with van der Waals surface area (Å²) in [6.45, 7) is 1.32. The third-order valence-electron chi connectivity index (χ3n) is 6.45. The standard InChI is InChI=1S/C23H25F3N4O3S2/c1-33-14-19-27-21(20-17-7-2-3-8-18(17)34-22(20)28-19)29-9-11-30(12-10-29)35(31,32)16-6-4-5-15(13-16)23(24,25)26/h4-6,13H,2-3,7-12,14H2,1H3. The number of anilines is 1. The Morgan fingerprint density at radius 2 is 1.83 bits per heavy atom. The van der Waals surface area contributed by atoms with Crippen molar-refractivity contribution in [1.82, 2.24) is 14.3 Å². The van der Waals surface area contributed by atoms with Crippen molar-refractivity contribution in [3.05, 3.63) is 46.1 Å². The van der Waals surface area contributed by atoms with Gasteiger partial charge in [0.1, 0.15) is 17.3 Å². The minimum Gasteiger partial charge on any atom is -0.377 e. The Balaban J connectivity index is 1.42. The van der Waals surface area contributed by atoms with E-state index < -0.39 is 21.8 Å². The molecule has 2 aliphatic rings. The molecule has 35 heavy (non-hydrogen) atoms. The van der Waals surface area contributed by atoms with Crippen LogP contribution in [0.5, 0.6) is 0 Å². The number of piperazine rings is 1. The molecule has 0 bridgehead atoms. The smallest absolute Gasteiger partial charge is 0.377 e. The number of nitrogens with zero attached hydrogens (tertiary/aromatic N) is 4. The molecule has 5 rings (SSSR count). The van der Waals surface area contributed by atoms with Crippen LogP contribution in [-0.4, -0.2) is 56.0 Å². The van der Waals surface area contributed by atoms with Crippen molar-refractivity contribution >= 4 is 37.4 Å². The van der Waals surface area contributed by atoms with Crippen LogP contribution in [0.3, 0.4) is 0 Å². The summed E-state index contributed by atoms with van der Waals surface area (Å²) in [6.07, 6.45) is -0.347. The summed E-state index contributed by atoms with van der Waals surface area (Å²) in [5, 5.41) is 1.04. The van der Waals surface area contributed by atoms with E-state index in [0.717, 1.165) is 53.9 Å². The number of rotatable bonds is 5. The molecule has 3 heterocycles. The number of benzene rings is 1. The summed E-state index contributed by atoms with van der Waals surface area (Å²) in [4.78, 5) is 13.5. The number of sulfonamides is 1. The summed E-state index contributed by atoms with van der Waals surface area (Å²) in [5.41, 5.74) is 0.308. The number of aryl methyl sites for hydroxylation is 2. The average Bonchev–Trinajstić information content (AvgIpc) is 3.22. The van der Waals surface area contributed by atoms with E-state index >= 15 is 0 Å². The van der Waals surface area contributed by atoms with Gasteiger partial charge in [0.25, 0.3) is 0 Å². The topological polar surface area (TPSA) is 75.6 Å². The normalized spacial score (nSPS) is 17.7. The molecular formula is C23H25F3N4O3S2. The Morgan fingerprint density at radius 3 is 2.54 bits per heavy atom. The quantitative estimate of drug-likeness (QED) is 0.495. The molecule has 1 saturated heterocycles. The van der Waals surface area contributed by atoms with Gasteiger partial charge in [-0.3, -0.25) is 0 Å². The van der Waals surface area contributed by atoms with E-state index in [-0.39, 0.29) is 24.6 Å². The van der Waals surface area contributed by atoms with Crippen LogP contribution in [0.4, 0.5) is 19.0 Å². The highest BCUT2D eigenvalue weighted by Gasteiger charge is 2.35. The maximum absolute atomic E-state index is 13.1. The summed E-state index contributed by atoms with van der Waals surface area (Å²) >= 11 is 1.69. The third-order valence-corrected chi connectivity index (χ3v) is 9.53. The predicted molar refractivity (Wildman–Crippen MR) is 127 cm³/mol. The summed E-state index contributed by atoms with van der Waals surface area (Å²) in [5.74, 6) is 1.37. The van der Waals surface area contributed by atoms with E-state index in [1.54, 1.807) is 18.4 Å². The van der Waals surface area contributed by atoms with Gasteiger partial charge in [0, 0.05) is 38.2 Å². The molecule has 0 N–H and O–H groups in total. The van der Waals surface area contributed by atoms with Crippen LogP contribution in [0, 0.1) is 0 Å². The lowest BCUT2D eigenvalue weighted by Gasteiger charge is -2.35. The fraction of sp³-hybridized carbons (Fsp3) is 0.478. The van der Waals surface area contributed by atoms with Gasteiger partial charge in [-0.05, 0) is 49.4 Å². The van der Waals surface area contributed by atoms with Gasteiger partial charge < -0.3 is 9.64 Å². The van der Waals surface area contributed by atoms with Gasteiger partial charge in [0.15, 0.2) is 5.82 Å². The molecule has 3 aromatic rings. The van der Waals surface area contributed by atoms with Crippen LogP contribution in [0.2, 0.25) is 0 Å². The second-order valence-corrected chi connectivity index (χ2v) is 11.7. The van der Waals surface area contributed by atoms with Gasteiger partial charge in [0.2, 0.25) is 10.0 Å². The minimum absolute atomic E-state index is 0.149. The van der Waals surface area contributed by atoms with E-state index in [2.05, 4.69) is 4.90 Å². The number of alkyl halides is 3. The highest BCUT2D eigenvalue weighted by molar-refractivity contribution is 7.89. The number of methoxy groups -OCH3 is 1. The van der Waals surface area contributed by atoms with Crippen molar-refractivity contribution < 1.29 is 26.3 Å². The molecule has 0 radical (unpaired) electrons. The van der Waals surface area contributed by atoms with Crippen LogP contribution >= 0.6 is 11.3 Å². The first-order chi connectivity index (χ1) is 16.7. The Kier molecular flexibility index (Phi) is 6.49. The van der Waals surface area contributed by atoms with Crippen molar-refractivity contribution in [2.45, 2.75) is 43.4 Å². The van der Waals surface area contributed by atoms with E-state index in [1.807, 2.05) is 0 Å². The van der Waals surface area contributed by atoms with Gasteiger partial charge in [-0.2, -0.15) is 17.5 Å². The maximum Gasteiger partial charge on any atom is 0.416 e. The summed E-state index contributed by atoms with van der Waals surface area (Å²) in [6, 6.07) is 3.90. The van der Waals surface area contributed by atoms with Gasteiger partial charge in [-0.25, -0.2) is 18.4 Å². The fourth-order valence-corrected chi connectivity index (χ4v) is 7.47. The van der Waals surface area contributed by atoms with Crippen molar-refractivity contribution in [1.29, 1.82) is 0 Å². The first kappa shape index (κ1) is 24.4. The summed E-state index contributed by atoms with van der Waals surface area (Å²) in [7, 11) is -2.47. The molecule has 2 aromatic heterocycles. The first-order valence-corrected chi connectivity index (χ1v) is 13.7. The molecule has 1 aromatic carbocycles. The predicted octanol–water partition coefficient (Wildman–Crippen LogP) is 4.25. The van der Waals surface area contributed by atoms with Gasteiger partial charge in [-0.1, -0.05) is 6.07 Å². The van der Waals surface area contributed by atoms with Crippen molar-refractivity contribution in [2.75, 3.05) is 38.2 Å². The minimum atomic E-state index is -4.61. The molecule has 0 amide bonds. The van der Waals surface area contributed by atoms with Gasteiger partial charge in [0.05, 0.1) is 15.8 Å². The fourth-order valence-electron chi connectivity index (χ4n) is 4.73. The Hall–Kier alpha value is -2.28. The van der Waals surface area contributed by atoms with E-state index in [0.29, 0.717) is 25.0 Å². The van der Waals surface area contributed by atoms with Crippen molar-refractivity contribution in [3.8, 4) is 0 Å². The second kappa shape index (κ2) is 9.30. The van der Waals surface area contributed by atoms with Crippen LogP contribution in [-0.2, 0) is 40.4 Å². The first-order valence-electron chi connectivity index (χ1n) is 11.4. The van der Waals surface area contributed by atoms with Crippen LogP contribution in [0.15, 0.2) is 29.2 Å². The van der Waals surface area contributed by atoms with Crippen molar-refractivity contribution in [3.63, 3.8) is 0 Å². The van der Waals surface area contributed by atoms with Crippen molar-refractivity contribution in [2.24, 2.45) is 0 Å². The molecule has 0 atom stereocenters. The second-order valence-electron chi connectivity index (χ2n) is 8.70. The van der Waals surface area contributed by atoms with Crippen LogP contribution < -0.4 is 4.90 Å². The molecule has 188 valence electrons. The monoisotopic (exact) mass is 526 g/mol. The van der Waals surface area contributed by atoms with Gasteiger partial charge >= 0.3 is 6.18 Å². The summed E-state index contributed by atoms with van der Waals surface area (Å²) < 4.78 is 72.1. The average molecular weight is 527 g/mol. The molecule has 0 saturated carbocycles. The zero-order chi connectivity index (χ0) is 24.8. The number of halogens is 3. The molecule has 12 heteroatoms. The van der Waals surface area contributed by atoms with Gasteiger partial charge in [-0.15, -0.1) is 11.3 Å². The van der Waals surface area contributed by atoms with E-state index in [1.165, 1.54) is 20.8 Å². The number of hydrogen-bond acceptors (Lipinski definition) is 7. The number of ether oxygens (including phenoxy) is 1. The SMILES string of the molecule is COCc1nc(N2CCN(S(=O)(=O)c3cccc(C(F)(F)F)c3)CC2)c2c3c(sc2n1)CCCC3. The zero-order valence-corrected chi connectivity index (χ0v) is 20.8. The lowest BCUT2D eigenvalue weighted by molar-refractivity contribution is -0.137. The number of hydrogen-bond donors (Lipinski definition) is 0. The lowest BCUT2D eigenvalue weighted by atomic mass is 9.97. The zero-order valence-electron chi connectivity index (χ0n) is 19.1. The van der Waals surface area contributed by atoms with Crippen LogP contribution in [0.25, 0.3) is 10.2 Å². The third kappa shape index (κ3) is 4.64. The highest BCUT2D eigenvalue weighted by atomic mass is 32.2. The Bertz CT molecular complexity index is 1350. The van der Waals surface area contributed by atoms with Crippen LogP contribution in [0.1, 0.15) is 34.7 Å². The largest absolute Gasteiger partial charge is 0.416 e. The molecule has 1 fully saturated rings. The molecule has 0 unspecified atom stereocenters. The number of thiophene rings is 1. The number of fused-ring (bicyclic) bond motifs is 3. The Morgan fingerprint density at radius 1 is 1.09 bits per heavy atom. The molecule has 1 aliphatic carbocycles. The highest BCUT2D eigenvalue weighted by Crippen LogP contribution is 2.40. The number of aromatic nitrogens is 2. The molecule has 1 aliphatic heterocycles. The molecule has 7 nitrogen and oxygen atoms in total. The maximum atomic E-state index is 13.1. The van der Waals surface area contributed by atoms with E-state index in [4.69, 9.17) is 14.7 Å². The molecular weight excluding hydrogens is 501 g/mol. The Labute approximate surface area is 205 Å². The van der Waals surface area contributed by atoms with E-state index in [9.17, 15) is 21.6 Å². The molecule has 0 spiro atoms. The lowest BCUT2D eigenvalue weighted by Crippen LogP contribution is -2.49.